The lowest BCUT2D eigenvalue weighted by molar-refractivity contribution is 0.881. The summed E-state index contributed by atoms with van der Waals surface area (Å²) in [6.07, 6.45) is 0. The number of H-pyrrole nitrogens is 1. The summed E-state index contributed by atoms with van der Waals surface area (Å²) in [5, 5.41) is 13.7. The summed E-state index contributed by atoms with van der Waals surface area (Å²) in [6, 6.07) is 8.13. The highest BCUT2D eigenvalue weighted by Crippen LogP contribution is 2.22. The molecule has 0 radical (unpaired) electrons. The predicted octanol–water partition coefficient (Wildman–Crippen LogP) is 2.25. The highest BCUT2D eigenvalue weighted by Gasteiger charge is 1.99. The zero-order chi connectivity index (χ0) is 9.80. The number of benzene rings is 1. The fourth-order valence-electron chi connectivity index (χ4n) is 0.922. The molecular weight excluding hydrogens is 264 g/mol. The van der Waals surface area contributed by atoms with Gasteiger partial charge in [-0.3, -0.25) is 0 Å². The number of nitrogens with zero attached hydrogens (tertiary/aromatic N) is 3. The maximum atomic E-state index is 3.87. The number of aromatic nitrogens is 4. The highest BCUT2D eigenvalue weighted by molar-refractivity contribution is 9.10. The van der Waals surface area contributed by atoms with E-state index < -0.39 is 0 Å². The smallest absolute Gasteiger partial charge is 0.177 e. The van der Waals surface area contributed by atoms with Crippen LogP contribution >= 0.6 is 27.7 Å². The minimum absolute atomic E-state index is 0.720. The van der Waals surface area contributed by atoms with Crippen molar-refractivity contribution in [3.05, 3.63) is 34.6 Å². The molecule has 1 N–H and O–H groups in total. The van der Waals surface area contributed by atoms with Crippen LogP contribution in [0.2, 0.25) is 0 Å². The molecule has 0 unspecified atom stereocenters. The van der Waals surface area contributed by atoms with Gasteiger partial charge in [0.05, 0.1) is 5.75 Å². The van der Waals surface area contributed by atoms with Gasteiger partial charge in [0.25, 0.3) is 0 Å². The standard InChI is InChI=1S/C8H7BrN4S/c9-6-1-3-7(4-2-6)14-5-8-10-12-13-11-8/h1-4H,5H2,(H,10,11,12,13). The molecule has 0 fully saturated rings. The lowest BCUT2D eigenvalue weighted by atomic mass is 10.4. The van der Waals surface area contributed by atoms with E-state index in [0.29, 0.717) is 0 Å². The quantitative estimate of drug-likeness (QED) is 0.870. The van der Waals surface area contributed by atoms with Crippen molar-refractivity contribution >= 4 is 27.7 Å². The van der Waals surface area contributed by atoms with Crippen LogP contribution in [0, 0.1) is 0 Å². The van der Waals surface area contributed by atoms with Gasteiger partial charge in [0.15, 0.2) is 5.82 Å². The largest absolute Gasteiger partial charge is 0.184 e. The Kier molecular flexibility index (Phi) is 3.15. The van der Waals surface area contributed by atoms with Crippen molar-refractivity contribution in [3.8, 4) is 0 Å². The van der Waals surface area contributed by atoms with Crippen molar-refractivity contribution in [2.75, 3.05) is 0 Å². The van der Waals surface area contributed by atoms with E-state index in [1.54, 1.807) is 11.8 Å². The Morgan fingerprint density at radius 3 is 2.71 bits per heavy atom. The molecule has 14 heavy (non-hydrogen) atoms. The summed E-state index contributed by atoms with van der Waals surface area (Å²) in [5.41, 5.74) is 0. The SMILES string of the molecule is Brc1ccc(SCc2nn[nH]n2)cc1. The molecule has 0 saturated carbocycles. The Balaban J connectivity index is 1.95. The first kappa shape index (κ1) is 9.67. The fourth-order valence-corrected chi connectivity index (χ4v) is 1.93. The topological polar surface area (TPSA) is 54.5 Å². The van der Waals surface area contributed by atoms with Gasteiger partial charge >= 0.3 is 0 Å². The lowest BCUT2D eigenvalue weighted by Crippen LogP contribution is -1.83. The molecule has 0 atom stereocenters. The van der Waals surface area contributed by atoms with E-state index in [2.05, 4.69) is 48.7 Å². The van der Waals surface area contributed by atoms with E-state index >= 15 is 0 Å². The predicted molar refractivity (Wildman–Crippen MR) is 57.9 cm³/mol. The van der Waals surface area contributed by atoms with E-state index in [1.165, 1.54) is 4.90 Å². The van der Waals surface area contributed by atoms with Crippen LogP contribution in [0.25, 0.3) is 0 Å². The van der Waals surface area contributed by atoms with Crippen molar-refractivity contribution in [2.24, 2.45) is 0 Å². The Morgan fingerprint density at radius 1 is 1.29 bits per heavy atom. The summed E-state index contributed by atoms with van der Waals surface area (Å²) in [6.45, 7) is 0. The summed E-state index contributed by atoms with van der Waals surface area (Å²) in [4.78, 5) is 1.19. The van der Waals surface area contributed by atoms with Crippen molar-refractivity contribution < 1.29 is 0 Å². The van der Waals surface area contributed by atoms with Gasteiger partial charge in [-0.25, -0.2) is 0 Å². The van der Waals surface area contributed by atoms with Crippen LogP contribution in [0.4, 0.5) is 0 Å². The first-order valence-corrected chi connectivity index (χ1v) is 5.73. The normalized spacial score (nSPS) is 10.4. The molecule has 2 aromatic rings. The summed E-state index contributed by atoms with van der Waals surface area (Å²) in [7, 11) is 0. The molecule has 1 heterocycles. The molecule has 0 spiro atoms. The van der Waals surface area contributed by atoms with E-state index in [9.17, 15) is 0 Å². The van der Waals surface area contributed by atoms with E-state index in [1.807, 2.05) is 12.1 Å². The molecule has 4 nitrogen and oxygen atoms in total. The molecule has 0 aliphatic heterocycles. The second-order valence-electron chi connectivity index (χ2n) is 2.57. The molecule has 0 aliphatic carbocycles. The zero-order valence-electron chi connectivity index (χ0n) is 7.14. The van der Waals surface area contributed by atoms with Crippen LogP contribution in [-0.2, 0) is 5.75 Å². The maximum Gasteiger partial charge on any atom is 0.184 e. The minimum Gasteiger partial charge on any atom is -0.177 e. The highest BCUT2D eigenvalue weighted by atomic mass is 79.9. The molecular formula is C8H7BrN4S. The third kappa shape index (κ3) is 2.55. The molecule has 6 heteroatoms. The van der Waals surface area contributed by atoms with Crippen molar-refractivity contribution in [1.29, 1.82) is 0 Å². The van der Waals surface area contributed by atoms with Gasteiger partial charge in [0.1, 0.15) is 0 Å². The number of thioether (sulfide) groups is 1. The summed E-state index contributed by atoms with van der Waals surface area (Å²) in [5.74, 6) is 1.45. The third-order valence-electron chi connectivity index (χ3n) is 1.57. The van der Waals surface area contributed by atoms with Crippen molar-refractivity contribution in [3.63, 3.8) is 0 Å². The number of aromatic amines is 1. The molecule has 0 saturated heterocycles. The number of nitrogens with one attached hydrogen (secondary N) is 1. The average molecular weight is 271 g/mol. The second kappa shape index (κ2) is 4.56. The molecule has 0 bridgehead atoms. The van der Waals surface area contributed by atoms with Crippen LogP contribution in [0.5, 0.6) is 0 Å². The van der Waals surface area contributed by atoms with Crippen LogP contribution in [-0.4, -0.2) is 20.6 Å². The van der Waals surface area contributed by atoms with E-state index in [4.69, 9.17) is 0 Å². The Bertz CT molecular complexity index is 386. The first-order chi connectivity index (χ1) is 6.84. The zero-order valence-corrected chi connectivity index (χ0v) is 9.55. The van der Waals surface area contributed by atoms with Gasteiger partial charge in [-0.2, -0.15) is 5.21 Å². The first-order valence-electron chi connectivity index (χ1n) is 3.95. The van der Waals surface area contributed by atoms with Crippen LogP contribution in [0.3, 0.4) is 0 Å². The molecule has 1 aromatic heterocycles. The van der Waals surface area contributed by atoms with Gasteiger partial charge in [-0.1, -0.05) is 21.1 Å². The van der Waals surface area contributed by atoms with Crippen LogP contribution in [0.15, 0.2) is 33.6 Å². The Hall–Kier alpha value is -0.880. The number of rotatable bonds is 3. The number of hydrogen-bond donors (Lipinski definition) is 1. The maximum absolute atomic E-state index is 3.87. The van der Waals surface area contributed by atoms with Gasteiger partial charge < -0.3 is 0 Å². The summed E-state index contributed by atoms with van der Waals surface area (Å²) >= 11 is 5.07. The number of tetrazole rings is 1. The number of hydrogen-bond acceptors (Lipinski definition) is 4. The molecule has 72 valence electrons. The van der Waals surface area contributed by atoms with Gasteiger partial charge in [0, 0.05) is 9.37 Å². The third-order valence-corrected chi connectivity index (χ3v) is 3.11. The molecule has 0 amide bonds. The lowest BCUT2D eigenvalue weighted by Gasteiger charge is -1.97. The molecule has 0 aliphatic rings. The summed E-state index contributed by atoms with van der Waals surface area (Å²) < 4.78 is 1.08. The Morgan fingerprint density at radius 2 is 2.07 bits per heavy atom. The Labute approximate surface area is 93.6 Å². The van der Waals surface area contributed by atoms with E-state index in [0.717, 1.165) is 16.0 Å². The van der Waals surface area contributed by atoms with Crippen LogP contribution < -0.4 is 0 Å². The fraction of sp³-hybridized carbons (Fsp3) is 0.125. The van der Waals surface area contributed by atoms with Crippen molar-refractivity contribution in [2.45, 2.75) is 10.6 Å². The van der Waals surface area contributed by atoms with E-state index in [-0.39, 0.29) is 0 Å². The van der Waals surface area contributed by atoms with Crippen LogP contribution in [0.1, 0.15) is 5.82 Å². The molecule has 2 rings (SSSR count). The second-order valence-corrected chi connectivity index (χ2v) is 4.54. The minimum atomic E-state index is 0.720. The monoisotopic (exact) mass is 270 g/mol. The van der Waals surface area contributed by atoms with Crippen molar-refractivity contribution in [1.82, 2.24) is 20.6 Å². The van der Waals surface area contributed by atoms with Gasteiger partial charge in [0.2, 0.25) is 0 Å². The number of halogens is 1. The molecule has 1 aromatic carbocycles. The average Bonchev–Trinajstić information content (AvgIpc) is 2.70. The van der Waals surface area contributed by atoms with Gasteiger partial charge in [-0.05, 0) is 24.3 Å². The van der Waals surface area contributed by atoms with Gasteiger partial charge in [-0.15, -0.1) is 22.0 Å².